The fraction of sp³-hybridized carbons (Fsp3) is 0.125. The Balaban J connectivity index is 1.89. The first-order valence-corrected chi connectivity index (χ1v) is 8.28. The molecule has 0 saturated carbocycles. The zero-order valence-corrected chi connectivity index (χ0v) is 15.7. The van der Waals surface area contributed by atoms with E-state index in [-0.39, 0.29) is 6.61 Å². The topological polar surface area (TPSA) is 59.9 Å². The fourth-order valence-corrected chi connectivity index (χ4v) is 2.67. The molecule has 0 saturated heterocycles. The van der Waals surface area contributed by atoms with Crippen molar-refractivity contribution < 1.29 is 14.3 Å². The summed E-state index contributed by atoms with van der Waals surface area (Å²) in [6, 6.07) is 10.3. The lowest BCUT2D eigenvalue weighted by atomic mass is 10.2. The van der Waals surface area contributed by atoms with Crippen LogP contribution in [0.5, 0.6) is 11.5 Å². The maximum Gasteiger partial charge on any atom is 0.277 e. The summed E-state index contributed by atoms with van der Waals surface area (Å²) in [7, 11) is 1.57. The Morgan fingerprint density at radius 1 is 1.29 bits per heavy atom. The zero-order valence-electron chi connectivity index (χ0n) is 12.6. The fourth-order valence-electron chi connectivity index (χ4n) is 1.70. The summed E-state index contributed by atoms with van der Waals surface area (Å²) >= 11 is 15.3. The molecule has 2 rings (SSSR count). The van der Waals surface area contributed by atoms with Crippen molar-refractivity contribution in [3.05, 3.63) is 56.5 Å². The molecule has 0 bridgehead atoms. The number of nitrogens with one attached hydrogen (secondary N) is 1. The van der Waals surface area contributed by atoms with Gasteiger partial charge in [-0.2, -0.15) is 5.10 Å². The molecule has 0 aliphatic rings. The number of ether oxygens (including phenoxy) is 2. The van der Waals surface area contributed by atoms with Crippen molar-refractivity contribution >= 4 is 51.3 Å². The number of benzene rings is 2. The van der Waals surface area contributed by atoms with Gasteiger partial charge in [0.05, 0.1) is 27.8 Å². The smallest absolute Gasteiger partial charge is 0.277 e. The molecule has 1 amide bonds. The van der Waals surface area contributed by atoms with E-state index in [0.717, 1.165) is 0 Å². The average molecular weight is 432 g/mol. The molecule has 0 fully saturated rings. The van der Waals surface area contributed by atoms with E-state index in [2.05, 4.69) is 26.5 Å². The highest BCUT2D eigenvalue weighted by Crippen LogP contribution is 2.29. The first-order valence-electron chi connectivity index (χ1n) is 6.73. The van der Waals surface area contributed by atoms with E-state index in [1.165, 1.54) is 6.21 Å². The van der Waals surface area contributed by atoms with E-state index < -0.39 is 5.91 Å². The van der Waals surface area contributed by atoms with Gasteiger partial charge in [-0.15, -0.1) is 0 Å². The number of hydrogen-bond acceptors (Lipinski definition) is 4. The highest BCUT2D eigenvalue weighted by molar-refractivity contribution is 9.10. The van der Waals surface area contributed by atoms with E-state index in [9.17, 15) is 4.79 Å². The highest BCUT2D eigenvalue weighted by atomic mass is 79.9. The van der Waals surface area contributed by atoms with Crippen LogP contribution in [-0.2, 0) is 4.79 Å². The second-order valence-electron chi connectivity index (χ2n) is 4.51. The van der Waals surface area contributed by atoms with Crippen molar-refractivity contribution in [3.63, 3.8) is 0 Å². The van der Waals surface area contributed by atoms with Gasteiger partial charge >= 0.3 is 0 Å². The molecule has 0 atom stereocenters. The molecule has 2 aromatic rings. The van der Waals surface area contributed by atoms with E-state index >= 15 is 0 Å². The van der Waals surface area contributed by atoms with Crippen LogP contribution in [0.2, 0.25) is 10.0 Å². The van der Waals surface area contributed by atoms with Crippen LogP contribution in [0.15, 0.2) is 46.0 Å². The third kappa shape index (κ3) is 5.12. The van der Waals surface area contributed by atoms with Crippen LogP contribution in [0.1, 0.15) is 5.56 Å². The zero-order chi connectivity index (χ0) is 17.5. The van der Waals surface area contributed by atoms with Crippen molar-refractivity contribution in [2.45, 2.75) is 0 Å². The van der Waals surface area contributed by atoms with Crippen molar-refractivity contribution in [2.75, 3.05) is 13.7 Å². The first kappa shape index (κ1) is 18.6. The van der Waals surface area contributed by atoms with Gasteiger partial charge in [0.2, 0.25) is 0 Å². The minimum absolute atomic E-state index is 0.196. The predicted molar refractivity (Wildman–Crippen MR) is 98.4 cm³/mol. The number of carbonyl (C=O) groups is 1. The minimum Gasteiger partial charge on any atom is -0.497 e. The lowest BCUT2D eigenvalue weighted by Gasteiger charge is -2.08. The molecule has 1 N–H and O–H groups in total. The Bertz CT molecular complexity index is 749. The molecule has 0 unspecified atom stereocenters. The van der Waals surface area contributed by atoms with E-state index in [1.54, 1.807) is 43.5 Å². The molecule has 0 aliphatic heterocycles. The van der Waals surface area contributed by atoms with Gasteiger partial charge in [0.25, 0.3) is 5.91 Å². The maximum absolute atomic E-state index is 11.8. The minimum atomic E-state index is -0.419. The third-order valence-electron chi connectivity index (χ3n) is 2.88. The van der Waals surface area contributed by atoms with Gasteiger partial charge < -0.3 is 9.47 Å². The van der Waals surface area contributed by atoms with Gasteiger partial charge in [-0.25, -0.2) is 5.43 Å². The second kappa shape index (κ2) is 8.92. The molecule has 5 nitrogen and oxygen atoms in total. The average Bonchev–Trinajstić information content (AvgIpc) is 2.56. The number of nitrogens with zero attached hydrogens (tertiary/aromatic N) is 1. The Labute approximate surface area is 157 Å². The third-order valence-corrected chi connectivity index (χ3v) is 4.16. The summed E-state index contributed by atoms with van der Waals surface area (Å²) in [5.41, 5.74) is 2.87. The van der Waals surface area contributed by atoms with Gasteiger partial charge in [0.15, 0.2) is 6.61 Å². The molecule has 24 heavy (non-hydrogen) atoms. The van der Waals surface area contributed by atoms with Crippen molar-refractivity contribution in [1.82, 2.24) is 5.43 Å². The van der Waals surface area contributed by atoms with E-state index in [0.29, 0.717) is 31.6 Å². The Morgan fingerprint density at radius 3 is 2.62 bits per heavy atom. The summed E-state index contributed by atoms with van der Waals surface area (Å²) in [4.78, 5) is 11.8. The summed E-state index contributed by atoms with van der Waals surface area (Å²) in [5.74, 6) is 0.779. The largest absolute Gasteiger partial charge is 0.497 e. The molecule has 0 aromatic heterocycles. The lowest BCUT2D eigenvalue weighted by molar-refractivity contribution is -0.123. The van der Waals surface area contributed by atoms with Crippen molar-refractivity contribution in [3.8, 4) is 11.5 Å². The van der Waals surface area contributed by atoms with Gasteiger partial charge in [-0.3, -0.25) is 4.79 Å². The standard InChI is InChI=1S/C16H13BrCl2N2O3/c1-23-10-5-6-15(12(17)7-10)24-9-16(22)21-20-8-11-13(18)3-2-4-14(11)19/h2-8H,9H2,1H3,(H,21,22)/b20-8-. The summed E-state index contributed by atoms with van der Waals surface area (Å²) < 4.78 is 11.2. The van der Waals surface area contributed by atoms with Crippen LogP contribution in [0.3, 0.4) is 0 Å². The van der Waals surface area contributed by atoms with Gasteiger partial charge in [0.1, 0.15) is 11.5 Å². The van der Waals surface area contributed by atoms with E-state index in [4.69, 9.17) is 32.7 Å². The number of hydrogen-bond donors (Lipinski definition) is 1. The molecule has 0 radical (unpaired) electrons. The molecule has 126 valence electrons. The van der Waals surface area contributed by atoms with Crippen molar-refractivity contribution in [1.29, 1.82) is 0 Å². The number of halogens is 3. The number of amides is 1. The summed E-state index contributed by atoms with van der Waals surface area (Å²) in [6.07, 6.45) is 1.38. The number of methoxy groups -OCH3 is 1. The maximum atomic E-state index is 11.8. The second-order valence-corrected chi connectivity index (χ2v) is 6.18. The van der Waals surface area contributed by atoms with Crippen LogP contribution >= 0.6 is 39.1 Å². The molecule has 0 heterocycles. The van der Waals surface area contributed by atoms with Crippen LogP contribution in [-0.4, -0.2) is 25.8 Å². The van der Waals surface area contributed by atoms with Crippen LogP contribution in [0.4, 0.5) is 0 Å². The summed E-state index contributed by atoms with van der Waals surface area (Å²) in [6.45, 7) is -0.196. The molecular weight excluding hydrogens is 419 g/mol. The number of carbonyl (C=O) groups excluding carboxylic acids is 1. The van der Waals surface area contributed by atoms with Gasteiger partial charge in [-0.05, 0) is 46.3 Å². The number of rotatable bonds is 6. The monoisotopic (exact) mass is 430 g/mol. The SMILES string of the molecule is COc1ccc(OCC(=O)N/N=C\c2c(Cl)cccc2Cl)c(Br)c1. The normalized spacial score (nSPS) is 10.7. The molecule has 8 heteroatoms. The number of hydrazone groups is 1. The molecule has 0 spiro atoms. The van der Waals surface area contributed by atoms with Gasteiger partial charge in [-0.1, -0.05) is 29.3 Å². The van der Waals surface area contributed by atoms with E-state index in [1.807, 2.05) is 0 Å². The Kier molecular flexibility index (Phi) is 6.90. The van der Waals surface area contributed by atoms with Crippen molar-refractivity contribution in [2.24, 2.45) is 5.10 Å². The first-order chi connectivity index (χ1) is 11.5. The van der Waals surface area contributed by atoms with Crippen LogP contribution in [0, 0.1) is 0 Å². The highest BCUT2D eigenvalue weighted by Gasteiger charge is 2.07. The quantitative estimate of drug-likeness (QED) is 0.548. The lowest BCUT2D eigenvalue weighted by Crippen LogP contribution is -2.24. The molecule has 0 aliphatic carbocycles. The van der Waals surface area contributed by atoms with Crippen LogP contribution in [0.25, 0.3) is 0 Å². The van der Waals surface area contributed by atoms with Crippen LogP contribution < -0.4 is 14.9 Å². The van der Waals surface area contributed by atoms with Gasteiger partial charge in [0, 0.05) is 5.56 Å². The summed E-state index contributed by atoms with van der Waals surface area (Å²) in [5, 5.41) is 4.71. The molecule has 2 aromatic carbocycles. The predicted octanol–water partition coefficient (Wildman–Crippen LogP) is 4.29. The molecular formula is C16H13BrCl2N2O3. The Morgan fingerprint density at radius 2 is 2.00 bits per heavy atom. The Hall–Kier alpha value is -1.76.